The summed E-state index contributed by atoms with van der Waals surface area (Å²) in [5.41, 5.74) is 3.34. The molecule has 0 saturated carbocycles. The molecule has 1 amide bonds. The van der Waals surface area contributed by atoms with Gasteiger partial charge in [-0.2, -0.15) is 0 Å². The first-order valence-electron chi connectivity index (χ1n) is 8.07. The molecule has 0 bridgehead atoms. The molecular formula is C19H24ClN3O. The summed E-state index contributed by atoms with van der Waals surface area (Å²) in [6.07, 6.45) is 1.26. The van der Waals surface area contributed by atoms with Crippen LogP contribution in [0.2, 0.25) is 5.02 Å². The third-order valence-corrected chi connectivity index (χ3v) is 3.97. The topological polar surface area (TPSA) is 44.4 Å². The Hall–Kier alpha value is -2.20. The summed E-state index contributed by atoms with van der Waals surface area (Å²) in [4.78, 5) is 13.9. The van der Waals surface area contributed by atoms with E-state index in [1.807, 2.05) is 50.5 Å². The summed E-state index contributed by atoms with van der Waals surface area (Å²) < 4.78 is 0. The lowest BCUT2D eigenvalue weighted by atomic mass is 10.1. The number of benzene rings is 2. The molecule has 24 heavy (non-hydrogen) atoms. The first-order valence-corrected chi connectivity index (χ1v) is 8.45. The van der Waals surface area contributed by atoms with Crippen LogP contribution in [0.15, 0.2) is 48.5 Å². The van der Waals surface area contributed by atoms with Crippen LogP contribution in [-0.4, -0.2) is 33.1 Å². The summed E-state index contributed by atoms with van der Waals surface area (Å²) >= 11 is 5.85. The summed E-state index contributed by atoms with van der Waals surface area (Å²) in [7, 11) is 4.02. The quantitative estimate of drug-likeness (QED) is 0.768. The number of hydrogen-bond donors (Lipinski definition) is 2. The van der Waals surface area contributed by atoms with Crippen LogP contribution >= 0.6 is 11.6 Å². The number of amides is 1. The van der Waals surface area contributed by atoms with E-state index in [0.717, 1.165) is 22.8 Å². The fourth-order valence-corrected chi connectivity index (χ4v) is 2.41. The molecule has 0 aliphatic heterocycles. The van der Waals surface area contributed by atoms with Crippen LogP contribution in [0, 0.1) is 0 Å². The third kappa shape index (κ3) is 6.13. The van der Waals surface area contributed by atoms with Crippen LogP contribution in [0.3, 0.4) is 0 Å². The number of carbonyl (C=O) groups excluding carboxylic acids is 1. The second kappa shape index (κ2) is 9.18. The van der Waals surface area contributed by atoms with Crippen molar-refractivity contribution in [3.05, 3.63) is 59.1 Å². The Morgan fingerprint density at radius 1 is 1.00 bits per heavy atom. The third-order valence-electron chi connectivity index (χ3n) is 3.71. The molecule has 4 nitrogen and oxygen atoms in total. The van der Waals surface area contributed by atoms with E-state index < -0.39 is 0 Å². The normalized spacial score (nSPS) is 10.3. The zero-order chi connectivity index (χ0) is 17.4. The van der Waals surface area contributed by atoms with E-state index in [-0.39, 0.29) is 5.91 Å². The molecule has 0 unspecified atom stereocenters. The first-order chi connectivity index (χ1) is 11.5. The summed E-state index contributed by atoms with van der Waals surface area (Å²) in [6.45, 7) is 1.26. The molecular weight excluding hydrogens is 322 g/mol. The van der Waals surface area contributed by atoms with Crippen LogP contribution in [0.5, 0.6) is 0 Å². The molecule has 0 atom stereocenters. The zero-order valence-corrected chi connectivity index (χ0v) is 14.9. The highest BCUT2D eigenvalue weighted by atomic mass is 35.5. The first kappa shape index (κ1) is 18.1. The number of anilines is 2. The van der Waals surface area contributed by atoms with Gasteiger partial charge < -0.3 is 15.5 Å². The van der Waals surface area contributed by atoms with Gasteiger partial charge >= 0.3 is 0 Å². The van der Waals surface area contributed by atoms with Crippen molar-refractivity contribution in [2.75, 3.05) is 37.4 Å². The highest BCUT2D eigenvalue weighted by Crippen LogP contribution is 2.15. The molecule has 0 saturated heterocycles. The fourth-order valence-electron chi connectivity index (χ4n) is 2.28. The largest absolute Gasteiger partial charge is 0.385 e. The Labute approximate surface area is 148 Å². The number of nitrogens with zero attached hydrogens (tertiary/aromatic N) is 1. The lowest BCUT2D eigenvalue weighted by Crippen LogP contribution is -2.27. The van der Waals surface area contributed by atoms with Gasteiger partial charge in [-0.3, -0.25) is 4.79 Å². The Kier molecular flexibility index (Phi) is 6.94. The van der Waals surface area contributed by atoms with E-state index in [1.54, 1.807) is 0 Å². The smallest absolute Gasteiger partial charge is 0.221 e. The summed E-state index contributed by atoms with van der Waals surface area (Å²) in [5.74, 6) is 0.0568. The monoisotopic (exact) mass is 345 g/mol. The molecule has 0 radical (unpaired) electrons. The van der Waals surface area contributed by atoms with Gasteiger partial charge in [0.25, 0.3) is 0 Å². The van der Waals surface area contributed by atoms with E-state index in [2.05, 4.69) is 27.7 Å². The minimum Gasteiger partial charge on any atom is -0.385 e. The maximum absolute atomic E-state index is 11.8. The van der Waals surface area contributed by atoms with Gasteiger partial charge in [0.2, 0.25) is 5.91 Å². The molecule has 128 valence electrons. The second-order valence-corrected chi connectivity index (χ2v) is 6.28. The van der Waals surface area contributed by atoms with Crippen LogP contribution in [0.4, 0.5) is 11.4 Å². The van der Waals surface area contributed by atoms with Crippen molar-refractivity contribution in [3.63, 3.8) is 0 Å². The maximum Gasteiger partial charge on any atom is 0.221 e. The van der Waals surface area contributed by atoms with E-state index in [4.69, 9.17) is 11.6 Å². The fraction of sp³-hybridized carbons (Fsp3) is 0.316. The standard InChI is InChI=1S/C19H24ClN3O/c1-23(2)18-9-7-17(8-10-18)21-14-12-19(24)22-13-11-15-3-5-16(20)6-4-15/h3-10,21H,11-14H2,1-2H3,(H,22,24). The van der Waals surface area contributed by atoms with Crippen molar-refractivity contribution in [1.82, 2.24) is 5.32 Å². The highest BCUT2D eigenvalue weighted by molar-refractivity contribution is 6.30. The molecule has 0 aromatic heterocycles. The minimum absolute atomic E-state index is 0.0568. The highest BCUT2D eigenvalue weighted by Gasteiger charge is 2.02. The van der Waals surface area contributed by atoms with Gasteiger partial charge in [-0.05, 0) is 48.4 Å². The number of nitrogens with one attached hydrogen (secondary N) is 2. The number of hydrogen-bond acceptors (Lipinski definition) is 3. The van der Waals surface area contributed by atoms with Crippen molar-refractivity contribution in [2.45, 2.75) is 12.8 Å². The Bertz CT molecular complexity index is 639. The van der Waals surface area contributed by atoms with Gasteiger partial charge in [-0.25, -0.2) is 0 Å². The number of halogens is 1. The summed E-state index contributed by atoms with van der Waals surface area (Å²) in [5, 5.41) is 6.93. The molecule has 2 aromatic carbocycles. The zero-order valence-electron chi connectivity index (χ0n) is 14.2. The molecule has 0 aliphatic rings. The predicted molar refractivity (Wildman–Crippen MR) is 102 cm³/mol. The van der Waals surface area contributed by atoms with Crippen LogP contribution in [0.1, 0.15) is 12.0 Å². The van der Waals surface area contributed by atoms with Crippen molar-refractivity contribution >= 4 is 28.9 Å². The molecule has 0 fully saturated rings. The average Bonchev–Trinajstić information content (AvgIpc) is 2.57. The minimum atomic E-state index is 0.0568. The Balaban J connectivity index is 1.63. The van der Waals surface area contributed by atoms with Crippen molar-refractivity contribution in [3.8, 4) is 0 Å². The average molecular weight is 346 g/mol. The Morgan fingerprint density at radius 3 is 2.29 bits per heavy atom. The summed E-state index contributed by atoms with van der Waals surface area (Å²) in [6, 6.07) is 15.8. The van der Waals surface area contributed by atoms with Gasteiger partial charge in [-0.1, -0.05) is 23.7 Å². The maximum atomic E-state index is 11.8. The van der Waals surface area contributed by atoms with Gasteiger partial charge in [0.05, 0.1) is 0 Å². The van der Waals surface area contributed by atoms with Gasteiger partial charge in [-0.15, -0.1) is 0 Å². The molecule has 5 heteroatoms. The van der Waals surface area contributed by atoms with E-state index in [1.165, 1.54) is 5.56 Å². The SMILES string of the molecule is CN(C)c1ccc(NCCC(=O)NCCc2ccc(Cl)cc2)cc1. The predicted octanol–water partition coefficient (Wildman–Crippen LogP) is 3.57. The van der Waals surface area contributed by atoms with Gasteiger partial charge in [0.1, 0.15) is 0 Å². The van der Waals surface area contributed by atoms with Crippen molar-refractivity contribution in [2.24, 2.45) is 0 Å². The van der Waals surface area contributed by atoms with Gasteiger partial charge in [0, 0.05) is 50.0 Å². The van der Waals surface area contributed by atoms with Crippen LogP contribution < -0.4 is 15.5 Å². The second-order valence-electron chi connectivity index (χ2n) is 5.84. The molecule has 0 aliphatic carbocycles. The molecule has 0 spiro atoms. The molecule has 2 N–H and O–H groups in total. The Morgan fingerprint density at radius 2 is 1.67 bits per heavy atom. The lowest BCUT2D eigenvalue weighted by Gasteiger charge is -2.13. The van der Waals surface area contributed by atoms with Crippen molar-refractivity contribution in [1.29, 1.82) is 0 Å². The van der Waals surface area contributed by atoms with E-state index in [0.29, 0.717) is 19.5 Å². The molecule has 2 rings (SSSR count). The van der Waals surface area contributed by atoms with Crippen LogP contribution in [0.25, 0.3) is 0 Å². The van der Waals surface area contributed by atoms with Crippen molar-refractivity contribution < 1.29 is 4.79 Å². The van der Waals surface area contributed by atoms with E-state index in [9.17, 15) is 4.79 Å². The lowest BCUT2D eigenvalue weighted by molar-refractivity contribution is -0.120. The van der Waals surface area contributed by atoms with Crippen LogP contribution in [-0.2, 0) is 11.2 Å². The molecule has 2 aromatic rings. The molecule has 0 heterocycles. The number of carbonyl (C=O) groups is 1. The number of rotatable bonds is 8. The van der Waals surface area contributed by atoms with Gasteiger partial charge in [0.15, 0.2) is 0 Å². The van der Waals surface area contributed by atoms with E-state index >= 15 is 0 Å².